The molecule has 0 aliphatic carbocycles. The highest BCUT2D eigenvalue weighted by Gasteiger charge is 2.27. The molecule has 8 heteroatoms. The number of methoxy groups -OCH3 is 1. The van der Waals surface area contributed by atoms with Gasteiger partial charge >= 0.3 is 0 Å². The highest BCUT2D eigenvalue weighted by molar-refractivity contribution is 8.04. The molecule has 0 aromatic carbocycles. The van der Waals surface area contributed by atoms with Gasteiger partial charge < -0.3 is 19.3 Å². The molecule has 146 valence electrons. The monoisotopic (exact) mass is 384 g/mol. The van der Waals surface area contributed by atoms with Crippen molar-refractivity contribution in [1.82, 2.24) is 5.16 Å². The van der Waals surface area contributed by atoms with Gasteiger partial charge in [-0.05, 0) is 24.6 Å². The molecule has 1 fully saturated rings. The lowest BCUT2D eigenvalue weighted by Crippen LogP contribution is -2.28. The second-order valence-corrected chi connectivity index (χ2v) is 9.75. The molecule has 0 bridgehead atoms. The molecular weight excluding hydrogens is 356 g/mol. The van der Waals surface area contributed by atoms with Crippen LogP contribution in [0.5, 0.6) is 0 Å². The minimum Gasteiger partial charge on any atom is -0.384 e. The Balaban J connectivity index is 2.00. The first-order valence-electron chi connectivity index (χ1n) is 8.55. The summed E-state index contributed by atoms with van der Waals surface area (Å²) >= 11 is 0. The highest BCUT2D eigenvalue weighted by Crippen LogP contribution is 2.26. The predicted octanol–water partition coefficient (Wildman–Crippen LogP) is 2.19. The summed E-state index contributed by atoms with van der Waals surface area (Å²) in [5.74, 6) is 4.61. The van der Waals surface area contributed by atoms with Crippen LogP contribution in [0.4, 0.5) is 5.82 Å². The number of carbonyl (C=O) groups excluding carboxylic acids is 1. The average molecular weight is 384 g/mol. The number of anilines is 1. The average Bonchev–Trinajstić information content (AvgIpc) is 3.04. The SMILES string of the molecule is C=C(C(=O)Nc1cc(C(C)(C)COC)on1)S(=C)(=O)CC1CCOCC1. The van der Waals surface area contributed by atoms with Crippen molar-refractivity contribution in [3.63, 3.8) is 0 Å². The zero-order chi connectivity index (χ0) is 19.4. The van der Waals surface area contributed by atoms with Crippen molar-refractivity contribution in [2.75, 3.05) is 38.0 Å². The maximum atomic E-state index is 12.9. The van der Waals surface area contributed by atoms with Gasteiger partial charge in [0.05, 0.1) is 11.5 Å². The van der Waals surface area contributed by atoms with Crippen molar-refractivity contribution in [2.24, 2.45) is 5.92 Å². The van der Waals surface area contributed by atoms with Gasteiger partial charge in [0.25, 0.3) is 5.91 Å². The molecule has 0 radical (unpaired) electrons. The molecule has 2 rings (SSSR count). The molecule has 26 heavy (non-hydrogen) atoms. The topological polar surface area (TPSA) is 90.7 Å². The Labute approximate surface area is 155 Å². The maximum Gasteiger partial charge on any atom is 0.264 e. The van der Waals surface area contributed by atoms with Gasteiger partial charge in [-0.15, -0.1) is 0 Å². The van der Waals surface area contributed by atoms with Crippen molar-refractivity contribution in [1.29, 1.82) is 0 Å². The van der Waals surface area contributed by atoms with E-state index >= 15 is 0 Å². The zero-order valence-electron chi connectivity index (χ0n) is 15.7. The van der Waals surface area contributed by atoms with Crippen LogP contribution in [0.2, 0.25) is 0 Å². The Morgan fingerprint density at radius 3 is 2.73 bits per heavy atom. The lowest BCUT2D eigenvalue weighted by molar-refractivity contribution is -0.112. The first-order chi connectivity index (χ1) is 12.2. The first-order valence-corrected chi connectivity index (χ1v) is 10.4. The Hall–Kier alpha value is -1.64. The fourth-order valence-electron chi connectivity index (χ4n) is 2.83. The van der Waals surface area contributed by atoms with Crippen molar-refractivity contribution in [3.05, 3.63) is 23.3 Å². The molecule has 1 unspecified atom stereocenters. The van der Waals surface area contributed by atoms with Gasteiger partial charge in [0, 0.05) is 47.1 Å². The molecular formula is C18H28N2O5S. The smallest absolute Gasteiger partial charge is 0.264 e. The standard InChI is InChI=1S/C18H28N2O5S/c1-13(26(5,22)11-14-6-8-24-9-7-14)17(21)19-16-10-15(25-20-16)18(2,3)12-23-4/h10,14H,1,5-9,11-12H2,2-4H3,(H,19,20,21). The third kappa shape index (κ3) is 5.18. The molecule has 1 atom stereocenters. The molecule has 2 heterocycles. The fourth-order valence-corrected chi connectivity index (χ4v) is 4.52. The molecule has 1 aliphatic heterocycles. The maximum absolute atomic E-state index is 12.9. The summed E-state index contributed by atoms with van der Waals surface area (Å²) in [5.41, 5.74) is -0.384. The van der Waals surface area contributed by atoms with Crippen LogP contribution >= 0.6 is 0 Å². The van der Waals surface area contributed by atoms with Crippen LogP contribution in [0.15, 0.2) is 22.1 Å². The number of aromatic nitrogens is 1. The van der Waals surface area contributed by atoms with Crippen molar-refractivity contribution in [2.45, 2.75) is 32.1 Å². The molecule has 1 amide bonds. The van der Waals surface area contributed by atoms with Crippen LogP contribution in [-0.2, 0) is 29.2 Å². The number of hydrogen-bond donors (Lipinski definition) is 1. The number of nitrogens with zero attached hydrogens (tertiary/aromatic N) is 1. The lowest BCUT2D eigenvalue weighted by Gasteiger charge is -2.23. The normalized spacial score (nSPS) is 18.3. The molecule has 0 spiro atoms. The molecule has 1 N–H and O–H groups in total. The number of nitrogens with one attached hydrogen (secondary N) is 1. The van der Waals surface area contributed by atoms with Crippen molar-refractivity contribution >= 4 is 27.1 Å². The van der Waals surface area contributed by atoms with Gasteiger partial charge in [0.1, 0.15) is 5.76 Å². The summed E-state index contributed by atoms with van der Waals surface area (Å²) < 4.78 is 28.6. The third-order valence-electron chi connectivity index (χ3n) is 4.47. The fraction of sp³-hybridized carbons (Fsp3) is 0.611. The van der Waals surface area contributed by atoms with Gasteiger partial charge in [0.15, 0.2) is 5.82 Å². The molecule has 1 saturated heterocycles. The van der Waals surface area contributed by atoms with Gasteiger partial charge in [0.2, 0.25) is 0 Å². The minimum absolute atomic E-state index is 0.0234. The van der Waals surface area contributed by atoms with Crippen LogP contribution < -0.4 is 5.32 Å². The van der Waals surface area contributed by atoms with E-state index in [1.54, 1.807) is 13.2 Å². The Bertz CT molecular complexity index is 745. The Kier molecular flexibility index (Phi) is 6.65. The van der Waals surface area contributed by atoms with Gasteiger partial charge in [-0.2, -0.15) is 0 Å². The van der Waals surface area contributed by atoms with E-state index in [1.165, 1.54) is 0 Å². The zero-order valence-corrected chi connectivity index (χ0v) is 16.5. The van der Waals surface area contributed by atoms with E-state index in [0.29, 0.717) is 31.3 Å². The van der Waals surface area contributed by atoms with Gasteiger partial charge in [-0.1, -0.05) is 25.6 Å². The van der Waals surface area contributed by atoms with Crippen LogP contribution in [0.25, 0.3) is 0 Å². The van der Waals surface area contributed by atoms with E-state index in [9.17, 15) is 9.00 Å². The number of rotatable bonds is 8. The van der Waals surface area contributed by atoms with Crippen molar-refractivity contribution < 1.29 is 23.0 Å². The largest absolute Gasteiger partial charge is 0.384 e. The van der Waals surface area contributed by atoms with Crippen molar-refractivity contribution in [3.8, 4) is 0 Å². The first kappa shape index (κ1) is 20.7. The second kappa shape index (κ2) is 8.37. The molecule has 1 aromatic heterocycles. The van der Waals surface area contributed by atoms with Crippen LogP contribution in [0.3, 0.4) is 0 Å². The number of hydrogen-bond acceptors (Lipinski definition) is 6. The number of carbonyl (C=O) groups is 1. The van der Waals surface area contributed by atoms with E-state index in [2.05, 4.69) is 22.9 Å². The molecule has 1 aromatic rings. The summed E-state index contributed by atoms with van der Waals surface area (Å²) in [6, 6.07) is 1.63. The summed E-state index contributed by atoms with van der Waals surface area (Å²) in [4.78, 5) is 12.4. The van der Waals surface area contributed by atoms with E-state index < -0.39 is 15.4 Å². The predicted molar refractivity (Wildman–Crippen MR) is 103 cm³/mol. The third-order valence-corrected chi connectivity index (χ3v) is 6.57. The van der Waals surface area contributed by atoms with E-state index in [-0.39, 0.29) is 22.1 Å². The Morgan fingerprint density at radius 1 is 1.46 bits per heavy atom. The van der Waals surface area contributed by atoms with E-state index in [4.69, 9.17) is 14.0 Å². The second-order valence-electron chi connectivity index (χ2n) is 7.30. The molecule has 0 saturated carbocycles. The minimum atomic E-state index is -2.75. The molecule has 7 nitrogen and oxygen atoms in total. The van der Waals surface area contributed by atoms with Crippen LogP contribution in [-0.4, -0.2) is 53.8 Å². The van der Waals surface area contributed by atoms with Gasteiger partial charge in [-0.3, -0.25) is 9.00 Å². The summed E-state index contributed by atoms with van der Waals surface area (Å²) in [7, 11) is -1.14. The quantitative estimate of drug-likeness (QED) is 0.546. The summed E-state index contributed by atoms with van der Waals surface area (Å²) in [5, 5.41) is 6.44. The van der Waals surface area contributed by atoms with Crippen LogP contribution in [0, 0.1) is 5.92 Å². The summed E-state index contributed by atoms with van der Waals surface area (Å²) in [6.07, 6.45) is 1.64. The van der Waals surface area contributed by atoms with Gasteiger partial charge in [-0.25, -0.2) is 0 Å². The number of ether oxygens (including phenoxy) is 2. The number of amides is 1. The molecule has 1 aliphatic rings. The van der Waals surface area contributed by atoms with E-state index in [0.717, 1.165) is 12.8 Å². The van der Waals surface area contributed by atoms with Crippen LogP contribution in [0.1, 0.15) is 32.4 Å². The van der Waals surface area contributed by atoms with E-state index in [1.807, 2.05) is 13.8 Å². The lowest BCUT2D eigenvalue weighted by atomic mass is 9.91. The highest BCUT2D eigenvalue weighted by atomic mass is 32.2. The Morgan fingerprint density at radius 2 is 2.12 bits per heavy atom. The summed E-state index contributed by atoms with van der Waals surface area (Å²) in [6.45, 7) is 9.34.